The maximum absolute atomic E-state index is 12.9. The fourth-order valence-electron chi connectivity index (χ4n) is 8.31. The Kier molecular flexibility index (Phi) is 61.4. The van der Waals surface area contributed by atoms with E-state index in [2.05, 4.69) is 179 Å². The van der Waals surface area contributed by atoms with E-state index < -0.39 is 6.10 Å². The van der Waals surface area contributed by atoms with E-state index in [0.29, 0.717) is 12.8 Å². The zero-order chi connectivity index (χ0) is 57.1. The van der Waals surface area contributed by atoms with Crippen molar-refractivity contribution in [2.45, 2.75) is 271 Å². The summed E-state index contributed by atoms with van der Waals surface area (Å²) in [6.07, 6.45) is 95.6. The molecule has 444 valence electrons. The largest absolute Gasteiger partial charge is 0.462 e. The van der Waals surface area contributed by atoms with Crippen molar-refractivity contribution in [1.29, 1.82) is 0 Å². The molecule has 0 amide bonds. The van der Waals surface area contributed by atoms with Crippen molar-refractivity contribution in [3.63, 3.8) is 0 Å². The van der Waals surface area contributed by atoms with Gasteiger partial charge in [0.05, 0.1) is 0 Å². The van der Waals surface area contributed by atoms with E-state index in [1.54, 1.807) is 0 Å². The molecule has 0 heterocycles. The highest BCUT2D eigenvalue weighted by molar-refractivity contribution is 5.71. The fraction of sp³-hybridized carbons (Fsp3) is 0.603. The monoisotopic (exact) mass is 1090 g/mol. The molecule has 79 heavy (non-hydrogen) atoms. The van der Waals surface area contributed by atoms with E-state index >= 15 is 0 Å². The summed E-state index contributed by atoms with van der Waals surface area (Å²) in [5.41, 5.74) is 0. The van der Waals surface area contributed by atoms with Crippen molar-refractivity contribution >= 4 is 17.9 Å². The lowest BCUT2D eigenvalue weighted by atomic mass is 10.1. The van der Waals surface area contributed by atoms with Crippen LogP contribution in [0.2, 0.25) is 0 Å². The molecule has 0 aromatic heterocycles. The maximum atomic E-state index is 12.9. The SMILES string of the molecule is CC/C=C\C/C=C\C/C=C\C/C=C\C/C=C\C/C=C\C/C=C\CCCCCC(=O)OC(COC(=O)CCCCCCCCC)COC(=O)CCCCCCCCCCCC/C=C\C/C=C\C/C=C\C/C=C\C/C=C\C/C=C\CC. The molecule has 0 saturated heterocycles. The van der Waals surface area contributed by atoms with Crippen molar-refractivity contribution in [2.75, 3.05) is 13.2 Å². The second kappa shape index (κ2) is 65.5. The summed E-state index contributed by atoms with van der Waals surface area (Å²) in [6.45, 7) is 6.33. The predicted molar refractivity (Wildman–Crippen MR) is 343 cm³/mol. The van der Waals surface area contributed by atoms with Crippen molar-refractivity contribution < 1.29 is 28.6 Å². The number of carbonyl (C=O) groups is 3. The molecule has 0 radical (unpaired) electrons. The first kappa shape index (κ1) is 74.0. The normalized spacial score (nSPS) is 13.2. The first-order valence-electron chi connectivity index (χ1n) is 32.0. The number of hydrogen-bond donors (Lipinski definition) is 0. The van der Waals surface area contributed by atoms with Gasteiger partial charge in [-0.3, -0.25) is 14.4 Å². The maximum Gasteiger partial charge on any atom is 0.306 e. The molecule has 1 atom stereocenters. The molecular weight excluding hydrogens is 973 g/mol. The minimum absolute atomic E-state index is 0.0978. The third kappa shape index (κ3) is 63.7. The molecular formula is C73H116O6. The third-order valence-corrected chi connectivity index (χ3v) is 13.0. The van der Waals surface area contributed by atoms with Gasteiger partial charge < -0.3 is 14.2 Å². The van der Waals surface area contributed by atoms with Crippen molar-refractivity contribution in [2.24, 2.45) is 0 Å². The molecule has 0 aromatic carbocycles. The van der Waals surface area contributed by atoms with Gasteiger partial charge in [-0.25, -0.2) is 0 Å². The van der Waals surface area contributed by atoms with Crippen LogP contribution in [0.3, 0.4) is 0 Å². The minimum Gasteiger partial charge on any atom is -0.462 e. The lowest BCUT2D eigenvalue weighted by Crippen LogP contribution is -2.30. The molecule has 0 fully saturated rings. The van der Waals surface area contributed by atoms with Gasteiger partial charge in [0.1, 0.15) is 13.2 Å². The van der Waals surface area contributed by atoms with E-state index in [1.807, 2.05) is 0 Å². The average molecular weight is 1090 g/mol. The lowest BCUT2D eigenvalue weighted by Gasteiger charge is -2.18. The van der Waals surface area contributed by atoms with Crippen LogP contribution in [0.1, 0.15) is 265 Å². The van der Waals surface area contributed by atoms with Crippen LogP contribution >= 0.6 is 0 Å². The highest BCUT2D eigenvalue weighted by Gasteiger charge is 2.19. The van der Waals surface area contributed by atoms with Gasteiger partial charge in [-0.2, -0.15) is 0 Å². The Balaban J connectivity index is 4.25. The van der Waals surface area contributed by atoms with E-state index in [-0.39, 0.29) is 37.5 Å². The molecule has 0 aliphatic heterocycles. The topological polar surface area (TPSA) is 78.9 Å². The van der Waals surface area contributed by atoms with Crippen LogP contribution in [0.15, 0.2) is 158 Å². The number of allylic oxidation sites excluding steroid dienone is 26. The smallest absolute Gasteiger partial charge is 0.306 e. The van der Waals surface area contributed by atoms with Crippen LogP contribution in [0, 0.1) is 0 Å². The summed E-state index contributed by atoms with van der Waals surface area (Å²) in [5, 5.41) is 0. The second-order valence-corrected chi connectivity index (χ2v) is 20.6. The van der Waals surface area contributed by atoms with Crippen LogP contribution in [0.4, 0.5) is 0 Å². The van der Waals surface area contributed by atoms with Gasteiger partial charge in [0.25, 0.3) is 0 Å². The van der Waals surface area contributed by atoms with Gasteiger partial charge in [-0.15, -0.1) is 0 Å². The number of carbonyl (C=O) groups excluding carboxylic acids is 3. The number of hydrogen-bond acceptors (Lipinski definition) is 6. The van der Waals surface area contributed by atoms with Gasteiger partial charge in [-0.1, -0.05) is 275 Å². The Morgan fingerprint density at radius 3 is 0.785 bits per heavy atom. The quantitative estimate of drug-likeness (QED) is 0.0261. The summed E-state index contributed by atoms with van der Waals surface area (Å²) >= 11 is 0. The van der Waals surface area contributed by atoms with Crippen LogP contribution in [-0.4, -0.2) is 37.2 Å². The minimum atomic E-state index is -0.803. The van der Waals surface area contributed by atoms with Crippen molar-refractivity contribution in [1.82, 2.24) is 0 Å². The number of ether oxygens (including phenoxy) is 3. The average Bonchev–Trinajstić information content (AvgIpc) is 3.45. The summed E-state index contributed by atoms with van der Waals surface area (Å²) in [6, 6.07) is 0. The van der Waals surface area contributed by atoms with Crippen LogP contribution in [0.25, 0.3) is 0 Å². The molecule has 0 aromatic rings. The standard InChI is InChI=1S/C73H116O6/c1-4-7-10-13-16-18-20-22-24-26-28-30-32-34-35-36-37-39-40-42-44-46-48-50-52-54-57-60-63-66-72(75)78-69-70(68-77-71(74)65-62-59-56-15-12-9-6-3)79-73(76)67-64-61-58-55-53-51-49-47-45-43-41-38-33-31-29-27-25-23-21-19-17-14-11-8-5-2/h7-8,10-11,16-19,22-25,28-31,34-35,37-39,41,45,47,51,53,70H,4-6,9,12-15,20-21,26-27,32-33,36,40,42-44,46,48-50,52,54-69H2,1-3H3/b10-7-,11-8-,18-16-,19-17-,24-22-,25-23-,30-28-,31-29-,35-34-,39-37-,41-38-,47-45-,53-51-. The van der Waals surface area contributed by atoms with E-state index in [9.17, 15) is 14.4 Å². The Morgan fingerprint density at radius 2 is 0.494 bits per heavy atom. The van der Waals surface area contributed by atoms with E-state index in [0.717, 1.165) is 148 Å². The van der Waals surface area contributed by atoms with Gasteiger partial charge in [0, 0.05) is 19.3 Å². The Hall–Kier alpha value is -4.97. The molecule has 0 aliphatic rings. The summed E-state index contributed by atoms with van der Waals surface area (Å²) in [5.74, 6) is -0.946. The Morgan fingerprint density at radius 1 is 0.266 bits per heavy atom. The number of esters is 3. The molecule has 0 rings (SSSR count). The van der Waals surface area contributed by atoms with Crippen molar-refractivity contribution in [3.05, 3.63) is 158 Å². The van der Waals surface area contributed by atoms with E-state index in [4.69, 9.17) is 14.2 Å². The van der Waals surface area contributed by atoms with Gasteiger partial charge in [0.2, 0.25) is 0 Å². The molecule has 1 unspecified atom stereocenters. The zero-order valence-electron chi connectivity index (χ0n) is 50.8. The number of rotatable bonds is 56. The first-order chi connectivity index (χ1) is 39.0. The lowest BCUT2D eigenvalue weighted by molar-refractivity contribution is -0.167. The van der Waals surface area contributed by atoms with Gasteiger partial charge >= 0.3 is 17.9 Å². The van der Waals surface area contributed by atoms with Gasteiger partial charge in [-0.05, 0) is 128 Å². The fourth-order valence-corrected chi connectivity index (χ4v) is 8.31. The summed E-state index contributed by atoms with van der Waals surface area (Å²) in [7, 11) is 0. The summed E-state index contributed by atoms with van der Waals surface area (Å²) in [4.78, 5) is 38.1. The highest BCUT2D eigenvalue weighted by Crippen LogP contribution is 2.14. The van der Waals surface area contributed by atoms with Crippen LogP contribution < -0.4 is 0 Å². The van der Waals surface area contributed by atoms with Crippen molar-refractivity contribution in [3.8, 4) is 0 Å². The highest BCUT2D eigenvalue weighted by atomic mass is 16.6. The second-order valence-electron chi connectivity index (χ2n) is 20.6. The van der Waals surface area contributed by atoms with Gasteiger partial charge in [0.15, 0.2) is 6.10 Å². The molecule has 0 bridgehead atoms. The Labute approximate surface area is 486 Å². The third-order valence-electron chi connectivity index (χ3n) is 13.0. The Bertz CT molecular complexity index is 1780. The summed E-state index contributed by atoms with van der Waals surface area (Å²) < 4.78 is 16.8. The molecule has 0 saturated carbocycles. The van der Waals surface area contributed by atoms with E-state index in [1.165, 1.54) is 77.0 Å². The molecule has 0 spiro atoms. The molecule has 0 N–H and O–H groups in total. The molecule has 0 aliphatic carbocycles. The molecule has 6 nitrogen and oxygen atoms in total. The van der Waals surface area contributed by atoms with Crippen LogP contribution in [0.5, 0.6) is 0 Å². The predicted octanol–water partition coefficient (Wildman–Crippen LogP) is 22.1. The number of unbranched alkanes of at least 4 members (excludes halogenated alkanes) is 19. The first-order valence-corrected chi connectivity index (χ1v) is 32.0. The zero-order valence-corrected chi connectivity index (χ0v) is 50.8. The van der Waals surface area contributed by atoms with Crippen LogP contribution in [-0.2, 0) is 28.6 Å². The molecule has 6 heteroatoms.